The Morgan fingerprint density at radius 3 is 2.54 bits per heavy atom. The monoisotopic (exact) mass is 362 g/mol. The highest BCUT2D eigenvalue weighted by Gasteiger charge is 2.47. The number of nitrogens with one attached hydrogen (secondary N) is 1. The minimum absolute atomic E-state index is 0.0405. The standard InChI is InChI=1S/C19H26N2O5/c1-4-5-10-19(3)17(24)21(18(25)20-19)11-15(23)12-26-16-8-6-14(7-9-16)13(2)22/h6-9,15,23H,4-5,10-12H2,1-3H3,(H,20,25)/t15-,19-/m0/s1. The molecule has 26 heavy (non-hydrogen) atoms. The molecule has 7 nitrogen and oxygen atoms in total. The van der Waals surface area contributed by atoms with Gasteiger partial charge in [0.05, 0.1) is 6.54 Å². The third-order valence-electron chi connectivity index (χ3n) is 4.47. The van der Waals surface area contributed by atoms with Gasteiger partial charge in [-0.05, 0) is 44.5 Å². The number of Topliss-reactive ketones (excluding diaryl/α,β-unsaturated/α-hetero) is 1. The van der Waals surface area contributed by atoms with E-state index in [0.717, 1.165) is 17.7 Å². The SMILES string of the molecule is CCCC[C@]1(C)NC(=O)N(C[C@H](O)COc2ccc(C(C)=O)cc2)C1=O. The van der Waals surface area contributed by atoms with E-state index in [9.17, 15) is 19.5 Å². The average Bonchev–Trinajstić information content (AvgIpc) is 2.82. The topological polar surface area (TPSA) is 95.9 Å². The van der Waals surface area contributed by atoms with Crippen molar-refractivity contribution in [2.45, 2.75) is 51.7 Å². The lowest BCUT2D eigenvalue weighted by molar-refractivity contribution is -0.132. The van der Waals surface area contributed by atoms with E-state index < -0.39 is 17.7 Å². The molecule has 0 unspecified atom stereocenters. The van der Waals surface area contributed by atoms with Gasteiger partial charge in [-0.2, -0.15) is 0 Å². The van der Waals surface area contributed by atoms with Crippen LogP contribution in [0.5, 0.6) is 5.75 Å². The zero-order valence-electron chi connectivity index (χ0n) is 15.4. The van der Waals surface area contributed by atoms with E-state index in [1.54, 1.807) is 31.2 Å². The highest BCUT2D eigenvalue weighted by molar-refractivity contribution is 6.06. The number of rotatable bonds is 9. The van der Waals surface area contributed by atoms with E-state index in [1.165, 1.54) is 6.92 Å². The molecule has 0 radical (unpaired) electrons. The van der Waals surface area contributed by atoms with Crippen LogP contribution in [0.25, 0.3) is 0 Å². The molecule has 142 valence electrons. The van der Waals surface area contributed by atoms with Gasteiger partial charge in [-0.25, -0.2) is 4.79 Å². The minimum Gasteiger partial charge on any atom is -0.491 e. The fourth-order valence-electron chi connectivity index (χ4n) is 2.85. The Morgan fingerprint density at radius 2 is 1.96 bits per heavy atom. The number of ether oxygens (including phenoxy) is 1. The zero-order valence-corrected chi connectivity index (χ0v) is 15.4. The molecule has 0 spiro atoms. The van der Waals surface area contributed by atoms with Gasteiger partial charge >= 0.3 is 6.03 Å². The van der Waals surface area contributed by atoms with Crippen LogP contribution in [-0.4, -0.2) is 52.5 Å². The van der Waals surface area contributed by atoms with Crippen molar-refractivity contribution in [3.05, 3.63) is 29.8 Å². The molecule has 1 saturated heterocycles. The fourth-order valence-corrected chi connectivity index (χ4v) is 2.85. The van der Waals surface area contributed by atoms with Crippen LogP contribution in [0.3, 0.4) is 0 Å². The molecule has 0 aromatic heterocycles. The van der Waals surface area contributed by atoms with Crippen molar-refractivity contribution in [1.29, 1.82) is 0 Å². The number of benzene rings is 1. The van der Waals surface area contributed by atoms with E-state index >= 15 is 0 Å². The van der Waals surface area contributed by atoms with Crippen molar-refractivity contribution in [3.8, 4) is 5.75 Å². The lowest BCUT2D eigenvalue weighted by Gasteiger charge is -2.22. The van der Waals surface area contributed by atoms with Crippen LogP contribution in [-0.2, 0) is 4.79 Å². The lowest BCUT2D eigenvalue weighted by atomic mass is 9.95. The number of hydrogen-bond donors (Lipinski definition) is 2. The number of β-amino-alcohol motifs (C(OH)–C–C–N with tert-alkyl or cyclic N) is 1. The molecule has 7 heteroatoms. The van der Waals surface area contributed by atoms with Gasteiger partial charge < -0.3 is 15.2 Å². The van der Waals surface area contributed by atoms with Crippen LogP contribution < -0.4 is 10.1 Å². The number of carbonyl (C=O) groups is 3. The van der Waals surface area contributed by atoms with E-state index in [-0.39, 0.29) is 24.8 Å². The molecule has 2 N–H and O–H groups in total. The summed E-state index contributed by atoms with van der Waals surface area (Å²) in [6.45, 7) is 5.01. The summed E-state index contributed by atoms with van der Waals surface area (Å²) in [4.78, 5) is 36.9. The number of amides is 3. The predicted octanol–water partition coefficient (Wildman–Crippen LogP) is 2.13. The number of aliphatic hydroxyl groups excluding tert-OH is 1. The first-order valence-electron chi connectivity index (χ1n) is 8.83. The first-order chi connectivity index (χ1) is 12.3. The maximum atomic E-state index is 12.5. The molecular weight excluding hydrogens is 336 g/mol. The quantitative estimate of drug-likeness (QED) is 0.518. The van der Waals surface area contributed by atoms with E-state index in [1.807, 2.05) is 6.92 Å². The second-order valence-electron chi connectivity index (χ2n) is 6.83. The molecule has 0 aliphatic carbocycles. The molecule has 1 fully saturated rings. The number of unbranched alkanes of at least 4 members (excludes halogenated alkanes) is 1. The first-order valence-corrected chi connectivity index (χ1v) is 8.83. The van der Waals surface area contributed by atoms with E-state index in [2.05, 4.69) is 5.32 Å². The van der Waals surface area contributed by atoms with Gasteiger partial charge in [0.2, 0.25) is 0 Å². The minimum atomic E-state index is -1.01. The molecule has 1 aliphatic heterocycles. The number of hydrogen-bond acceptors (Lipinski definition) is 5. The van der Waals surface area contributed by atoms with Gasteiger partial charge in [0.1, 0.15) is 24.0 Å². The summed E-state index contributed by atoms with van der Waals surface area (Å²) in [5.74, 6) is 0.140. The van der Waals surface area contributed by atoms with Crippen molar-refractivity contribution in [3.63, 3.8) is 0 Å². The van der Waals surface area contributed by atoms with Crippen molar-refractivity contribution in [1.82, 2.24) is 10.2 Å². The van der Waals surface area contributed by atoms with Crippen LogP contribution >= 0.6 is 0 Å². The Bertz CT molecular complexity index is 673. The predicted molar refractivity (Wildman–Crippen MR) is 96.1 cm³/mol. The molecule has 0 bridgehead atoms. The van der Waals surface area contributed by atoms with Gasteiger partial charge in [-0.3, -0.25) is 14.5 Å². The molecule has 1 aromatic rings. The number of carbonyl (C=O) groups excluding carboxylic acids is 3. The highest BCUT2D eigenvalue weighted by Crippen LogP contribution is 2.23. The lowest BCUT2D eigenvalue weighted by Crippen LogP contribution is -2.44. The summed E-state index contributed by atoms with van der Waals surface area (Å²) in [7, 11) is 0. The summed E-state index contributed by atoms with van der Waals surface area (Å²) in [6, 6.07) is 6.07. The Morgan fingerprint density at radius 1 is 1.31 bits per heavy atom. The number of aliphatic hydroxyl groups is 1. The molecule has 2 atom stereocenters. The number of imide groups is 1. The van der Waals surface area contributed by atoms with Crippen LogP contribution in [0.2, 0.25) is 0 Å². The molecule has 0 saturated carbocycles. The Hall–Kier alpha value is -2.41. The van der Waals surface area contributed by atoms with Gasteiger partial charge in [-0.15, -0.1) is 0 Å². The summed E-state index contributed by atoms with van der Waals surface area (Å²) >= 11 is 0. The third-order valence-corrected chi connectivity index (χ3v) is 4.47. The second-order valence-corrected chi connectivity index (χ2v) is 6.83. The van der Waals surface area contributed by atoms with E-state index in [0.29, 0.717) is 17.7 Å². The third kappa shape index (κ3) is 4.60. The zero-order chi connectivity index (χ0) is 19.3. The van der Waals surface area contributed by atoms with Crippen molar-refractivity contribution in [2.24, 2.45) is 0 Å². The molecule has 1 aromatic carbocycles. The van der Waals surface area contributed by atoms with Crippen molar-refractivity contribution < 1.29 is 24.2 Å². The summed E-state index contributed by atoms with van der Waals surface area (Å²) < 4.78 is 5.47. The Labute approximate surface area is 153 Å². The first kappa shape index (κ1) is 19.9. The summed E-state index contributed by atoms with van der Waals surface area (Å²) in [6.07, 6.45) is 1.32. The number of nitrogens with zero attached hydrogens (tertiary/aromatic N) is 1. The van der Waals surface area contributed by atoms with Crippen molar-refractivity contribution in [2.75, 3.05) is 13.2 Å². The van der Waals surface area contributed by atoms with E-state index in [4.69, 9.17) is 4.74 Å². The Balaban J connectivity index is 1.89. The molecule has 2 rings (SSSR count). The van der Waals surface area contributed by atoms with Gasteiger partial charge in [0, 0.05) is 5.56 Å². The maximum absolute atomic E-state index is 12.5. The van der Waals surface area contributed by atoms with Crippen LogP contribution in [0, 0.1) is 0 Å². The smallest absolute Gasteiger partial charge is 0.325 e. The molecular formula is C19H26N2O5. The van der Waals surface area contributed by atoms with Crippen LogP contribution in [0.4, 0.5) is 4.79 Å². The van der Waals surface area contributed by atoms with Crippen molar-refractivity contribution >= 4 is 17.7 Å². The molecule has 1 heterocycles. The molecule has 3 amide bonds. The normalized spacial score (nSPS) is 20.8. The second kappa shape index (κ2) is 8.31. The van der Waals surface area contributed by atoms with Gasteiger partial charge in [0.15, 0.2) is 5.78 Å². The number of ketones is 1. The molecule has 1 aliphatic rings. The van der Waals surface area contributed by atoms with Gasteiger partial charge in [-0.1, -0.05) is 19.8 Å². The largest absolute Gasteiger partial charge is 0.491 e. The van der Waals surface area contributed by atoms with Gasteiger partial charge in [0.25, 0.3) is 5.91 Å². The summed E-state index contributed by atoms with van der Waals surface area (Å²) in [5, 5.41) is 12.9. The summed E-state index contributed by atoms with van der Waals surface area (Å²) in [5.41, 5.74) is -0.334. The average molecular weight is 362 g/mol. The maximum Gasteiger partial charge on any atom is 0.325 e. The Kier molecular flexibility index (Phi) is 6.37. The number of urea groups is 1. The fraction of sp³-hybridized carbons (Fsp3) is 0.526. The highest BCUT2D eigenvalue weighted by atomic mass is 16.5. The van der Waals surface area contributed by atoms with Crippen LogP contribution in [0.1, 0.15) is 50.4 Å². The van der Waals surface area contributed by atoms with Crippen LogP contribution in [0.15, 0.2) is 24.3 Å².